The molecule has 1 atom stereocenters. The summed E-state index contributed by atoms with van der Waals surface area (Å²) in [5.41, 5.74) is 0. The van der Waals surface area contributed by atoms with E-state index in [-0.39, 0.29) is 30.0 Å². The Morgan fingerprint density at radius 2 is 2.24 bits per heavy atom. The Morgan fingerprint density at radius 3 is 2.88 bits per heavy atom. The summed E-state index contributed by atoms with van der Waals surface area (Å²) in [5, 5.41) is 5.64. The van der Waals surface area contributed by atoms with E-state index >= 15 is 0 Å². The molecule has 0 bridgehead atoms. The smallest absolute Gasteiger partial charge is 0.234 e. The van der Waals surface area contributed by atoms with Gasteiger partial charge in [-0.2, -0.15) is 0 Å². The average molecular weight is 264 g/mol. The highest BCUT2D eigenvalue weighted by Gasteiger charge is 2.25. The Balaban J connectivity index is 2.22. The molecule has 1 aliphatic rings. The van der Waals surface area contributed by atoms with Crippen LogP contribution in [0.25, 0.3) is 0 Å². The molecule has 7 heteroatoms. The first kappa shape index (κ1) is 14.4. The first-order valence-electron chi connectivity index (χ1n) is 5.73. The number of rotatable bonds is 6. The minimum Gasteiger partial charge on any atom is -0.383 e. The van der Waals surface area contributed by atoms with Gasteiger partial charge >= 0.3 is 0 Å². The standard InChI is InChI=1S/C10H20N2O4S/c1-16-5-4-11-7-10(13)12-9-3-2-6-17(14,15)8-9/h9,11H,2-8H2,1H3,(H,12,13). The summed E-state index contributed by atoms with van der Waals surface area (Å²) < 4.78 is 27.5. The topological polar surface area (TPSA) is 84.5 Å². The molecule has 1 aliphatic heterocycles. The van der Waals surface area contributed by atoms with Gasteiger partial charge < -0.3 is 15.4 Å². The second-order valence-corrected chi connectivity index (χ2v) is 6.42. The van der Waals surface area contributed by atoms with Crippen LogP contribution >= 0.6 is 0 Å². The summed E-state index contributed by atoms with van der Waals surface area (Å²) in [6, 6.07) is -0.231. The van der Waals surface area contributed by atoms with Gasteiger partial charge in [0.05, 0.1) is 24.7 Å². The molecular formula is C10H20N2O4S. The highest BCUT2D eigenvalue weighted by atomic mass is 32.2. The van der Waals surface area contributed by atoms with E-state index in [0.717, 1.165) is 6.42 Å². The lowest BCUT2D eigenvalue weighted by Crippen LogP contribution is -2.46. The van der Waals surface area contributed by atoms with Gasteiger partial charge in [-0.15, -0.1) is 0 Å². The van der Waals surface area contributed by atoms with E-state index in [1.807, 2.05) is 0 Å². The van der Waals surface area contributed by atoms with Crippen molar-refractivity contribution >= 4 is 15.7 Å². The SMILES string of the molecule is COCCNCC(=O)NC1CCCS(=O)(=O)C1. The van der Waals surface area contributed by atoms with Crippen molar-refractivity contribution in [2.75, 3.05) is 38.3 Å². The Labute approximate surface area is 102 Å². The molecule has 17 heavy (non-hydrogen) atoms. The predicted octanol–water partition coefficient (Wildman–Crippen LogP) is -1.08. The maximum absolute atomic E-state index is 11.5. The fourth-order valence-corrected chi connectivity index (χ4v) is 3.43. The third kappa shape index (κ3) is 5.99. The van der Waals surface area contributed by atoms with Crippen molar-refractivity contribution in [3.63, 3.8) is 0 Å². The Morgan fingerprint density at radius 1 is 1.47 bits per heavy atom. The minimum absolute atomic E-state index is 0.0663. The second-order valence-electron chi connectivity index (χ2n) is 4.19. The summed E-state index contributed by atoms with van der Waals surface area (Å²) in [6.45, 7) is 1.35. The van der Waals surface area contributed by atoms with Crippen LogP contribution in [0.15, 0.2) is 0 Å². The highest BCUT2D eigenvalue weighted by Crippen LogP contribution is 2.11. The number of methoxy groups -OCH3 is 1. The van der Waals surface area contributed by atoms with Gasteiger partial charge in [-0.3, -0.25) is 4.79 Å². The molecule has 1 fully saturated rings. The van der Waals surface area contributed by atoms with Crippen molar-refractivity contribution in [1.82, 2.24) is 10.6 Å². The lowest BCUT2D eigenvalue weighted by atomic mass is 10.2. The van der Waals surface area contributed by atoms with E-state index in [1.54, 1.807) is 7.11 Å². The van der Waals surface area contributed by atoms with Gasteiger partial charge in [0.25, 0.3) is 0 Å². The van der Waals surface area contributed by atoms with Gasteiger partial charge in [0.1, 0.15) is 0 Å². The molecule has 0 aromatic heterocycles. The van der Waals surface area contributed by atoms with Gasteiger partial charge in [-0.25, -0.2) is 8.42 Å². The van der Waals surface area contributed by atoms with Crippen molar-refractivity contribution < 1.29 is 17.9 Å². The average Bonchev–Trinajstić information content (AvgIpc) is 2.23. The summed E-state index contributed by atoms with van der Waals surface area (Å²) in [7, 11) is -1.37. The van der Waals surface area contributed by atoms with Crippen LogP contribution in [0.2, 0.25) is 0 Å². The van der Waals surface area contributed by atoms with E-state index < -0.39 is 9.84 Å². The van der Waals surface area contributed by atoms with Crippen LogP contribution in [-0.4, -0.2) is 58.7 Å². The number of hydrogen-bond acceptors (Lipinski definition) is 5. The van der Waals surface area contributed by atoms with Gasteiger partial charge in [0, 0.05) is 19.7 Å². The molecule has 0 aliphatic carbocycles. The van der Waals surface area contributed by atoms with Crippen LogP contribution in [0.1, 0.15) is 12.8 Å². The van der Waals surface area contributed by atoms with Crippen LogP contribution in [-0.2, 0) is 19.4 Å². The fourth-order valence-electron chi connectivity index (χ4n) is 1.79. The lowest BCUT2D eigenvalue weighted by molar-refractivity contribution is -0.120. The number of sulfone groups is 1. The Hall–Kier alpha value is -0.660. The molecule has 2 N–H and O–H groups in total. The van der Waals surface area contributed by atoms with Crippen molar-refractivity contribution in [3.8, 4) is 0 Å². The number of carbonyl (C=O) groups excluding carboxylic acids is 1. The van der Waals surface area contributed by atoms with E-state index in [2.05, 4.69) is 10.6 Å². The summed E-state index contributed by atoms with van der Waals surface area (Å²) >= 11 is 0. The molecule has 100 valence electrons. The summed E-state index contributed by atoms with van der Waals surface area (Å²) in [4.78, 5) is 11.5. The molecule has 0 aromatic rings. The fraction of sp³-hybridized carbons (Fsp3) is 0.900. The number of nitrogens with one attached hydrogen (secondary N) is 2. The molecule has 0 saturated carbocycles. The normalized spacial score (nSPS) is 23.2. The number of carbonyl (C=O) groups is 1. The lowest BCUT2D eigenvalue weighted by Gasteiger charge is -2.23. The third-order valence-corrected chi connectivity index (χ3v) is 4.42. The Bertz CT molecular complexity index is 342. The predicted molar refractivity (Wildman–Crippen MR) is 64.6 cm³/mol. The first-order chi connectivity index (χ1) is 8.03. The van der Waals surface area contributed by atoms with E-state index in [0.29, 0.717) is 19.6 Å². The summed E-state index contributed by atoms with van der Waals surface area (Å²) in [5.74, 6) is 0.144. The second kappa shape index (κ2) is 6.93. The van der Waals surface area contributed by atoms with Gasteiger partial charge in [-0.1, -0.05) is 0 Å². The molecule has 6 nitrogen and oxygen atoms in total. The maximum atomic E-state index is 11.5. The van der Waals surface area contributed by atoms with Crippen molar-refractivity contribution in [2.45, 2.75) is 18.9 Å². The van der Waals surface area contributed by atoms with Crippen molar-refractivity contribution in [1.29, 1.82) is 0 Å². The van der Waals surface area contributed by atoms with Crippen LogP contribution < -0.4 is 10.6 Å². The molecule has 1 heterocycles. The molecular weight excluding hydrogens is 244 g/mol. The van der Waals surface area contributed by atoms with Crippen molar-refractivity contribution in [3.05, 3.63) is 0 Å². The monoisotopic (exact) mass is 264 g/mol. The molecule has 0 aromatic carbocycles. The number of amides is 1. The highest BCUT2D eigenvalue weighted by molar-refractivity contribution is 7.91. The first-order valence-corrected chi connectivity index (χ1v) is 7.55. The Kier molecular flexibility index (Phi) is 5.87. The van der Waals surface area contributed by atoms with E-state index in [9.17, 15) is 13.2 Å². The maximum Gasteiger partial charge on any atom is 0.234 e. The van der Waals surface area contributed by atoms with Gasteiger partial charge in [-0.05, 0) is 12.8 Å². The summed E-state index contributed by atoms with van der Waals surface area (Å²) in [6.07, 6.45) is 1.37. The molecule has 1 amide bonds. The number of ether oxygens (including phenoxy) is 1. The molecule has 0 spiro atoms. The largest absolute Gasteiger partial charge is 0.383 e. The molecule has 1 unspecified atom stereocenters. The minimum atomic E-state index is -2.96. The van der Waals surface area contributed by atoms with Crippen LogP contribution in [0.3, 0.4) is 0 Å². The third-order valence-electron chi connectivity index (χ3n) is 2.60. The van der Waals surface area contributed by atoms with Gasteiger partial charge in [0.15, 0.2) is 9.84 Å². The van der Waals surface area contributed by atoms with E-state index in [4.69, 9.17) is 4.74 Å². The van der Waals surface area contributed by atoms with Crippen LogP contribution in [0, 0.1) is 0 Å². The zero-order valence-corrected chi connectivity index (χ0v) is 10.9. The zero-order valence-electron chi connectivity index (χ0n) is 10.1. The zero-order chi connectivity index (χ0) is 12.7. The molecule has 1 rings (SSSR count). The van der Waals surface area contributed by atoms with Crippen molar-refractivity contribution in [2.24, 2.45) is 0 Å². The van der Waals surface area contributed by atoms with E-state index in [1.165, 1.54) is 0 Å². The van der Waals surface area contributed by atoms with Crippen LogP contribution in [0.4, 0.5) is 0 Å². The van der Waals surface area contributed by atoms with Crippen LogP contribution in [0.5, 0.6) is 0 Å². The number of hydrogen-bond donors (Lipinski definition) is 2. The molecule has 0 radical (unpaired) electrons. The quantitative estimate of drug-likeness (QED) is 0.596. The van der Waals surface area contributed by atoms with Gasteiger partial charge in [0.2, 0.25) is 5.91 Å². The molecule has 1 saturated heterocycles.